The zero-order chi connectivity index (χ0) is 32.9. The van der Waals surface area contributed by atoms with Crippen LogP contribution in [0.15, 0.2) is 60.7 Å². The van der Waals surface area contributed by atoms with E-state index in [0.717, 1.165) is 60.1 Å². The van der Waals surface area contributed by atoms with Crippen molar-refractivity contribution >= 4 is 0 Å². The molecule has 4 aromatic rings. The van der Waals surface area contributed by atoms with Gasteiger partial charge in [0.2, 0.25) is 5.75 Å². The molecule has 0 spiro atoms. The molecular formula is C39H45N2O6+. The zero-order valence-corrected chi connectivity index (χ0v) is 28.5. The number of hydrogen-bond donors (Lipinski definition) is 0. The maximum absolute atomic E-state index is 7.07. The van der Waals surface area contributed by atoms with Crippen LogP contribution in [-0.4, -0.2) is 72.1 Å². The summed E-state index contributed by atoms with van der Waals surface area (Å²) in [6.45, 7) is 1.93. The number of benzene rings is 4. The summed E-state index contributed by atoms with van der Waals surface area (Å²) in [6.07, 6.45) is 3.42. The summed E-state index contributed by atoms with van der Waals surface area (Å²) in [4.78, 5) is 2.39. The Hall–Kier alpha value is -4.40. The highest BCUT2D eigenvalue weighted by atomic mass is 16.5. The lowest BCUT2D eigenvalue weighted by Gasteiger charge is -2.43. The van der Waals surface area contributed by atoms with E-state index in [9.17, 15) is 0 Å². The molecule has 0 radical (unpaired) electrons. The minimum atomic E-state index is -0.0000567. The van der Waals surface area contributed by atoms with Gasteiger partial charge in [-0.1, -0.05) is 18.2 Å². The van der Waals surface area contributed by atoms with Crippen molar-refractivity contribution in [3.05, 3.63) is 94.0 Å². The fourth-order valence-electron chi connectivity index (χ4n) is 7.62. The van der Waals surface area contributed by atoms with Crippen LogP contribution in [0.1, 0.15) is 45.5 Å². The van der Waals surface area contributed by atoms with Crippen molar-refractivity contribution in [2.24, 2.45) is 0 Å². The van der Waals surface area contributed by atoms with Crippen molar-refractivity contribution in [3.63, 3.8) is 0 Å². The molecular weight excluding hydrogens is 592 g/mol. The summed E-state index contributed by atoms with van der Waals surface area (Å²) in [6, 6.07) is 21.4. The van der Waals surface area contributed by atoms with Gasteiger partial charge in [-0.3, -0.25) is 4.90 Å². The second-order valence-electron chi connectivity index (χ2n) is 13.5. The lowest BCUT2D eigenvalue weighted by atomic mass is 9.86. The number of rotatable bonds is 4. The molecule has 0 fully saturated rings. The lowest BCUT2D eigenvalue weighted by molar-refractivity contribution is -0.923. The van der Waals surface area contributed by atoms with E-state index in [1.54, 1.807) is 28.4 Å². The van der Waals surface area contributed by atoms with Crippen LogP contribution in [0.25, 0.3) is 0 Å². The average molecular weight is 638 g/mol. The summed E-state index contributed by atoms with van der Waals surface area (Å²) in [7, 11) is 13.6. The molecule has 8 rings (SSSR count). The van der Waals surface area contributed by atoms with Crippen molar-refractivity contribution in [2.45, 2.75) is 37.8 Å². The van der Waals surface area contributed by atoms with E-state index in [4.69, 9.17) is 28.4 Å². The molecule has 4 heterocycles. The third kappa shape index (κ3) is 5.63. The van der Waals surface area contributed by atoms with Crippen LogP contribution in [0.2, 0.25) is 0 Å². The van der Waals surface area contributed by atoms with Gasteiger partial charge in [0.15, 0.2) is 34.5 Å². The monoisotopic (exact) mass is 637 g/mol. The van der Waals surface area contributed by atoms with Crippen LogP contribution in [0.4, 0.5) is 0 Å². The van der Waals surface area contributed by atoms with Gasteiger partial charge in [0.05, 0.1) is 49.1 Å². The van der Waals surface area contributed by atoms with Gasteiger partial charge < -0.3 is 32.9 Å². The number of nitrogens with zero attached hydrogens (tertiary/aromatic N) is 2. The highest BCUT2D eigenvalue weighted by molar-refractivity contribution is 5.63. The Morgan fingerprint density at radius 2 is 1.40 bits per heavy atom. The minimum Gasteiger partial charge on any atom is -0.493 e. The van der Waals surface area contributed by atoms with Crippen LogP contribution < -0.4 is 28.4 Å². The molecule has 4 aromatic carbocycles. The molecule has 47 heavy (non-hydrogen) atoms. The van der Waals surface area contributed by atoms with Crippen LogP contribution in [-0.2, 0) is 25.7 Å². The van der Waals surface area contributed by atoms with Gasteiger partial charge in [-0.2, -0.15) is 0 Å². The molecule has 0 N–H and O–H groups in total. The molecule has 0 amide bonds. The maximum Gasteiger partial charge on any atom is 0.204 e. The van der Waals surface area contributed by atoms with E-state index in [1.165, 1.54) is 22.3 Å². The van der Waals surface area contributed by atoms with Crippen LogP contribution in [0, 0.1) is 0 Å². The Bertz CT molecular complexity index is 1800. The first-order chi connectivity index (χ1) is 22.7. The molecule has 0 saturated heterocycles. The Kier molecular flexibility index (Phi) is 8.18. The fraction of sp³-hybridized carbons (Fsp3) is 0.385. The molecule has 4 aliphatic heterocycles. The first-order valence-corrected chi connectivity index (χ1v) is 16.4. The number of quaternary nitrogens is 1. The number of ether oxygens (including phenoxy) is 6. The molecule has 0 saturated carbocycles. The van der Waals surface area contributed by atoms with Crippen LogP contribution in [0.5, 0.6) is 46.0 Å². The summed E-state index contributed by atoms with van der Waals surface area (Å²) >= 11 is 0. The van der Waals surface area contributed by atoms with E-state index in [1.807, 2.05) is 6.07 Å². The van der Waals surface area contributed by atoms with Crippen molar-refractivity contribution in [1.29, 1.82) is 0 Å². The van der Waals surface area contributed by atoms with E-state index >= 15 is 0 Å². The number of hydrogen-bond acceptors (Lipinski definition) is 7. The fourth-order valence-corrected chi connectivity index (χ4v) is 7.62. The normalized spacial score (nSPS) is 19.7. The van der Waals surface area contributed by atoms with E-state index in [2.05, 4.69) is 80.6 Å². The number of fused-ring (bicyclic) bond motifs is 2. The van der Waals surface area contributed by atoms with Gasteiger partial charge >= 0.3 is 0 Å². The van der Waals surface area contributed by atoms with E-state index in [0.29, 0.717) is 40.2 Å². The lowest BCUT2D eigenvalue weighted by Crippen LogP contribution is -2.48. The van der Waals surface area contributed by atoms with Crippen LogP contribution >= 0.6 is 0 Å². The predicted molar refractivity (Wildman–Crippen MR) is 182 cm³/mol. The second-order valence-corrected chi connectivity index (χ2v) is 13.5. The first-order valence-electron chi connectivity index (χ1n) is 16.4. The molecule has 8 heteroatoms. The highest BCUT2D eigenvalue weighted by Gasteiger charge is 2.38. The summed E-state index contributed by atoms with van der Waals surface area (Å²) < 4.78 is 38.1. The summed E-state index contributed by atoms with van der Waals surface area (Å²) in [5, 5.41) is 0. The molecule has 4 aliphatic rings. The third-order valence-corrected chi connectivity index (χ3v) is 10.4. The number of likely N-dealkylation sites (N-methyl/N-ethyl adjacent to an activating group) is 2. The molecule has 0 unspecified atom stereocenters. The average Bonchev–Trinajstić information content (AvgIpc) is 3.07. The molecule has 6 bridgehead atoms. The van der Waals surface area contributed by atoms with E-state index < -0.39 is 0 Å². The Morgan fingerprint density at radius 3 is 2.13 bits per heavy atom. The Labute approximate surface area is 277 Å². The van der Waals surface area contributed by atoms with Crippen molar-refractivity contribution in [1.82, 2.24) is 4.90 Å². The summed E-state index contributed by atoms with van der Waals surface area (Å²) in [5.74, 6) is 5.45. The number of methoxy groups -OCH3 is 4. The van der Waals surface area contributed by atoms with Gasteiger partial charge in [-0.25, -0.2) is 0 Å². The van der Waals surface area contributed by atoms with Gasteiger partial charge in [-0.05, 0) is 84.6 Å². The maximum atomic E-state index is 7.07. The van der Waals surface area contributed by atoms with Crippen molar-refractivity contribution in [2.75, 3.05) is 62.7 Å². The molecule has 246 valence electrons. The molecule has 0 aliphatic carbocycles. The first kappa shape index (κ1) is 31.2. The topological polar surface area (TPSA) is 58.6 Å². The Balaban J connectivity index is 1.48. The highest BCUT2D eigenvalue weighted by Crippen LogP contribution is 2.52. The second kappa shape index (κ2) is 12.3. The van der Waals surface area contributed by atoms with Gasteiger partial charge in [0.25, 0.3) is 0 Å². The predicted octanol–water partition coefficient (Wildman–Crippen LogP) is 7.31. The molecule has 8 nitrogen and oxygen atoms in total. The largest absolute Gasteiger partial charge is 0.493 e. The molecule has 0 aromatic heterocycles. The molecule has 2 atom stereocenters. The van der Waals surface area contributed by atoms with Crippen molar-refractivity contribution < 1.29 is 32.9 Å². The van der Waals surface area contributed by atoms with E-state index in [-0.39, 0.29) is 12.1 Å². The SMILES string of the molecule is COc1ccc2cc1Oc1ccc(cc1)C[C@H]1c3cc(c(OC)cc3CC[N+]1(C)C)Oc1c(OC)c(OC)cc3c1[C@@H](C2)N(C)CC3. The quantitative estimate of drug-likeness (QED) is 0.218. The van der Waals surface area contributed by atoms with Crippen molar-refractivity contribution in [3.8, 4) is 46.0 Å². The zero-order valence-electron chi connectivity index (χ0n) is 28.5. The minimum absolute atomic E-state index is 0.0000567. The standard InChI is InChI=1S/C39H45N2O6/c1-40-16-14-27-22-36(44-6)38(45-7)39-37(27)30(40)18-25-10-13-32(42-4)34(20-25)46-28-11-8-24(9-12-28)19-31-29-23-35(47-39)33(43-5)21-26(29)15-17-41(31,2)3/h8-13,20-23,30-31H,14-19H2,1-7H3/q+1/t30-,31+/m1/s1. The smallest absolute Gasteiger partial charge is 0.204 e. The Morgan fingerprint density at radius 1 is 0.702 bits per heavy atom. The summed E-state index contributed by atoms with van der Waals surface area (Å²) in [5.41, 5.74) is 7.23. The van der Waals surface area contributed by atoms with Crippen LogP contribution in [0.3, 0.4) is 0 Å². The third-order valence-electron chi connectivity index (χ3n) is 10.4. The van der Waals surface area contributed by atoms with Gasteiger partial charge in [-0.15, -0.1) is 0 Å². The van der Waals surface area contributed by atoms with Gasteiger partial charge in [0, 0.05) is 36.6 Å². The van der Waals surface area contributed by atoms with Gasteiger partial charge in [0.1, 0.15) is 11.8 Å².